The van der Waals surface area contributed by atoms with E-state index >= 15 is 0 Å². The van der Waals surface area contributed by atoms with Gasteiger partial charge < -0.3 is 50.8 Å². The smallest absolute Gasteiger partial charge is 0.246 e. The Hall–Kier alpha value is -5.15. The predicted octanol–water partition coefficient (Wildman–Crippen LogP) is 8.44. The number of ether oxygens (including phenoxy) is 2. The molecule has 1 unspecified atom stereocenters. The van der Waals surface area contributed by atoms with E-state index in [1.165, 1.54) is 16.0 Å². The van der Waals surface area contributed by atoms with Crippen LogP contribution in [0.5, 0.6) is 11.5 Å². The van der Waals surface area contributed by atoms with Gasteiger partial charge in [0.25, 0.3) is 0 Å². The lowest BCUT2D eigenvalue weighted by molar-refractivity contribution is -0.143. The lowest BCUT2D eigenvalue weighted by Gasteiger charge is -2.37. The highest BCUT2D eigenvalue weighted by Crippen LogP contribution is 2.39. The SMILES string of the molecule is C=C(N[C@@H]1CCCc2c(OCCCCCOc3cccc4c3CCC[C@H]4NC(=O)C3C[C@H](O)CN3C(=O)[C@@H](NC(=O)[C@H](C)CC)C3CCCCC3)cccc21)[C@@H]1C[C@H](O)CN1C(=O)[C@@H](NC(=O)[C@H](C)CC)C1CCCCC1. The van der Waals surface area contributed by atoms with Crippen LogP contribution in [0, 0.1) is 23.7 Å². The van der Waals surface area contributed by atoms with Gasteiger partial charge in [0.05, 0.1) is 43.5 Å². The van der Waals surface area contributed by atoms with Crippen LogP contribution in [-0.2, 0) is 36.8 Å². The van der Waals surface area contributed by atoms with Crippen molar-refractivity contribution in [2.75, 3.05) is 26.3 Å². The first-order chi connectivity index (χ1) is 37.3. The van der Waals surface area contributed by atoms with Crippen LogP contribution in [0.1, 0.15) is 197 Å². The number of aliphatic hydroxyl groups is 2. The molecule has 0 spiro atoms. The number of fused-ring (bicyclic) bond motifs is 2. The molecule has 2 aromatic rings. The number of hydrogen-bond donors (Lipinski definition) is 6. The summed E-state index contributed by atoms with van der Waals surface area (Å²) in [5.41, 5.74) is 5.20. The van der Waals surface area contributed by atoms with Crippen LogP contribution in [0.2, 0.25) is 0 Å². The molecule has 10 atom stereocenters. The van der Waals surface area contributed by atoms with Crippen molar-refractivity contribution >= 4 is 29.5 Å². The van der Waals surface area contributed by atoms with E-state index in [2.05, 4.69) is 46.0 Å². The van der Waals surface area contributed by atoms with Gasteiger partial charge in [0.2, 0.25) is 29.5 Å². The molecule has 4 fully saturated rings. The Bertz CT molecular complexity index is 2190. The van der Waals surface area contributed by atoms with Crippen molar-refractivity contribution in [1.82, 2.24) is 31.1 Å². The van der Waals surface area contributed by atoms with E-state index in [0.717, 1.165) is 145 Å². The summed E-state index contributed by atoms with van der Waals surface area (Å²) >= 11 is 0. The van der Waals surface area contributed by atoms with Gasteiger partial charge in [-0.3, -0.25) is 24.0 Å². The van der Waals surface area contributed by atoms with Gasteiger partial charge in [-0.05, 0) is 143 Å². The number of likely N-dealkylation sites (tertiary alicyclic amines) is 2. The quantitative estimate of drug-likeness (QED) is 0.0588. The van der Waals surface area contributed by atoms with Gasteiger partial charge in [-0.25, -0.2) is 0 Å². The average molecular weight is 1070 g/mol. The monoisotopic (exact) mass is 1060 g/mol. The fourth-order valence-corrected chi connectivity index (χ4v) is 13.2. The molecule has 424 valence electrons. The maximum absolute atomic E-state index is 14.4. The fourth-order valence-electron chi connectivity index (χ4n) is 13.2. The number of benzene rings is 2. The van der Waals surface area contributed by atoms with Gasteiger partial charge in [-0.15, -0.1) is 0 Å². The Morgan fingerprint density at radius 1 is 0.597 bits per heavy atom. The summed E-state index contributed by atoms with van der Waals surface area (Å²) in [7, 11) is 0. The molecule has 0 bridgehead atoms. The van der Waals surface area contributed by atoms with Crippen LogP contribution in [0.15, 0.2) is 48.7 Å². The number of hydrogen-bond acceptors (Lipinski definition) is 10. The van der Waals surface area contributed by atoms with E-state index in [9.17, 15) is 34.2 Å². The van der Waals surface area contributed by atoms with Crippen LogP contribution < -0.4 is 30.7 Å². The molecule has 2 aromatic carbocycles. The fraction of sp³-hybridized carbons (Fsp3) is 0.694. The number of carbonyl (C=O) groups excluding carboxylic acids is 5. The summed E-state index contributed by atoms with van der Waals surface area (Å²) in [4.78, 5) is 72.6. The summed E-state index contributed by atoms with van der Waals surface area (Å²) in [6.45, 7) is 13.6. The van der Waals surface area contributed by atoms with Crippen molar-refractivity contribution < 1.29 is 43.7 Å². The van der Waals surface area contributed by atoms with Crippen molar-refractivity contribution in [3.05, 3.63) is 70.9 Å². The van der Waals surface area contributed by atoms with Crippen molar-refractivity contribution in [3.8, 4) is 11.5 Å². The lowest BCUT2D eigenvalue weighted by Crippen LogP contribution is -2.57. The highest BCUT2D eigenvalue weighted by Gasteiger charge is 2.46. The van der Waals surface area contributed by atoms with Crippen LogP contribution in [0.4, 0.5) is 0 Å². The van der Waals surface area contributed by atoms with Crippen molar-refractivity contribution in [3.63, 3.8) is 0 Å². The minimum Gasteiger partial charge on any atom is -0.493 e. The number of amides is 5. The zero-order valence-electron chi connectivity index (χ0n) is 46.8. The summed E-state index contributed by atoms with van der Waals surface area (Å²) in [6, 6.07) is 9.49. The van der Waals surface area contributed by atoms with E-state index in [-0.39, 0.29) is 90.8 Å². The molecular formula is C62H92N6O9. The van der Waals surface area contributed by atoms with Gasteiger partial charge in [-0.1, -0.05) is 97.1 Å². The normalized spacial score (nSPS) is 25.3. The Balaban J connectivity index is 0.814. The second-order valence-electron chi connectivity index (χ2n) is 23.7. The topological polar surface area (TPSA) is 199 Å². The summed E-state index contributed by atoms with van der Waals surface area (Å²) in [6.07, 6.45) is 18.2. The number of nitrogens with zero attached hydrogens (tertiary/aromatic N) is 2. The molecule has 0 aromatic heterocycles. The zero-order valence-corrected chi connectivity index (χ0v) is 46.8. The summed E-state index contributed by atoms with van der Waals surface area (Å²) in [5.74, 6) is 0.506. The van der Waals surface area contributed by atoms with E-state index < -0.39 is 30.3 Å². The van der Waals surface area contributed by atoms with Crippen molar-refractivity contribution in [2.45, 2.75) is 224 Å². The number of carbonyl (C=O) groups is 5. The van der Waals surface area contributed by atoms with Crippen LogP contribution >= 0.6 is 0 Å². The molecule has 0 radical (unpaired) electrons. The van der Waals surface area contributed by atoms with Gasteiger partial charge in [0.15, 0.2) is 0 Å². The molecule has 2 heterocycles. The van der Waals surface area contributed by atoms with Crippen molar-refractivity contribution in [2.24, 2.45) is 23.7 Å². The van der Waals surface area contributed by atoms with E-state index in [4.69, 9.17) is 9.47 Å². The number of aliphatic hydroxyl groups excluding tert-OH is 2. The molecule has 77 heavy (non-hydrogen) atoms. The Morgan fingerprint density at radius 3 is 1.51 bits per heavy atom. The number of unbranched alkanes of at least 4 members (excludes halogenated alkanes) is 2. The van der Waals surface area contributed by atoms with Gasteiger partial charge in [0, 0.05) is 43.5 Å². The predicted molar refractivity (Wildman–Crippen MR) is 298 cm³/mol. The van der Waals surface area contributed by atoms with Gasteiger partial charge in [-0.2, -0.15) is 0 Å². The van der Waals surface area contributed by atoms with E-state index in [1.54, 1.807) is 4.90 Å². The molecule has 8 rings (SSSR count). The molecule has 2 saturated carbocycles. The van der Waals surface area contributed by atoms with Crippen LogP contribution in [0.25, 0.3) is 0 Å². The standard InChI is InChI=1S/C62H92N6O9/c1-6-39(3)58(71)65-56(42-21-11-8-12-22-42)61(74)67-37-44(69)35-52(67)41(5)63-50-29-17-27-48-46(50)25-19-31-54(48)76-33-15-10-16-34-77-55-32-20-26-47-49(55)28-18-30-51(47)64-60(73)53-36-45(70)38-68(53)62(75)57(43-23-13-9-14-24-43)66-59(72)40(4)7-2/h19-20,25-26,31-32,39-40,42-45,50-53,56-57,63,69-70H,5-18,21-24,27-30,33-38H2,1-4H3,(H,64,73)(H,65,71)(H,66,72)/t39-,40-,44+,45+,50-,51-,52+,53?,56+,57+/m1/s1. The maximum atomic E-state index is 14.4. The maximum Gasteiger partial charge on any atom is 0.246 e. The minimum absolute atomic E-state index is 0.00428. The molecular weight excluding hydrogens is 973 g/mol. The van der Waals surface area contributed by atoms with Gasteiger partial charge >= 0.3 is 0 Å². The third kappa shape index (κ3) is 14.4. The first-order valence-corrected chi connectivity index (χ1v) is 30.1. The molecule has 2 aliphatic heterocycles. The van der Waals surface area contributed by atoms with Crippen LogP contribution in [-0.4, -0.2) is 112 Å². The molecule has 2 saturated heterocycles. The number of β-amino-alcohol motifs (C(OH)–C–C–N with tert-alkyl or cyclic N) is 2. The number of nitrogens with one attached hydrogen (secondary N) is 4. The second kappa shape index (κ2) is 27.6. The third-order valence-electron chi connectivity index (χ3n) is 18.2. The molecule has 15 nitrogen and oxygen atoms in total. The van der Waals surface area contributed by atoms with E-state index in [1.807, 2.05) is 45.9 Å². The average Bonchev–Trinajstić information content (AvgIpc) is 4.05. The Morgan fingerprint density at radius 2 is 1.04 bits per heavy atom. The minimum atomic E-state index is -0.823. The Labute approximate surface area is 458 Å². The molecule has 6 aliphatic rings. The summed E-state index contributed by atoms with van der Waals surface area (Å²) < 4.78 is 12.9. The first-order valence-electron chi connectivity index (χ1n) is 30.1. The second-order valence-corrected chi connectivity index (χ2v) is 23.7. The molecule has 4 aliphatic carbocycles. The Kier molecular flexibility index (Phi) is 20.8. The van der Waals surface area contributed by atoms with Gasteiger partial charge in [0.1, 0.15) is 29.6 Å². The largest absolute Gasteiger partial charge is 0.493 e. The van der Waals surface area contributed by atoms with Crippen molar-refractivity contribution in [1.29, 1.82) is 0 Å². The lowest BCUT2D eigenvalue weighted by atomic mass is 9.83. The number of rotatable bonds is 23. The highest BCUT2D eigenvalue weighted by molar-refractivity contribution is 5.93. The third-order valence-corrected chi connectivity index (χ3v) is 18.2. The van der Waals surface area contributed by atoms with Crippen LogP contribution in [0.3, 0.4) is 0 Å². The molecule has 6 N–H and O–H groups in total. The molecule has 15 heteroatoms. The van der Waals surface area contributed by atoms with E-state index in [0.29, 0.717) is 38.2 Å². The molecule has 5 amide bonds. The summed E-state index contributed by atoms with van der Waals surface area (Å²) in [5, 5.41) is 35.0. The highest BCUT2D eigenvalue weighted by atomic mass is 16.5. The first kappa shape index (κ1) is 58.0. The zero-order chi connectivity index (χ0) is 54.6.